The lowest BCUT2D eigenvalue weighted by Crippen LogP contribution is -2.26. The van der Waals surface area contributed by atoms with Crippen LogP contribution in [0.4, 0.5) is 0 Å². The maximum Gasteiger partial charge on any atom is 0.0421 e. The SMILES string of the molecule is CCC(Cc1cc(C)ccn1)NC. The van der Waals surface area contributed by atoms with E-state index in [0.29, 0.717) is 6.04 Å². The van der Waals surface area contributed by atoms with E-state index in [2.05, 4.69) is 30.2 Å². The molecule has 0 fully saturated rings. The molecule has 72 valence electrons. The molecule has 0 amide bonds. The summed E-state index contributed by atoms with van der Waals surface area (Å²) in [7, 11) is 2.00. The summed E-state index contributed by atoms with van der Waals surface area (Å²) in [5, 5.41) is 3.28. The fourth-order valence-corrected chi connectivity index (χ4v) is 1.41. The molecule has 1 rings (SSSR count). The average molecular weight is 178 g/mol. The van der Waals surface area contributed by atoms with Gasteiger partial charge < -0.3 is 5.32 Å². The van der Waals surface area contributed by atoms with Crippen LogP contribution in [0, 0.1) is 6.92 Å². The van der Waals surface area contributed by atoms with E-state index in [1.54, 1.807) is 0 Å². The highest BCUT2D eigenvalue weighted by Gasteiger charge is 2.04. The molecule has 1 heterocycles. The van der Waals surface area contributed by atoms with Gasteiger partial charge in [0.25, 0.3) is 0 Å². The summed E-state index contributed by atoms with van der Waals surface area (Å²) in [6, 6.07) is 4.73. The van der Waals surface area contributed by atoms with Crippen molar-refractivity contribution in [3.05, 3.63) is 29.6 Å². The topological polar surface area (TPSA) is 24.9 Å². The van der Waals surface area contributed by atoms with Crippen LogP contribution in [0.2, 0.25) is 0 Å². The molecular formula is C11H18N2. The minimum Gasteiger partial charge on any atom is -0.317 e. The minimum absolute atomic E-state index is 0.550. The van der Waals surface area contributed by atoms with Crippen molar-refractivity contribution in [2.45, 2.75) is 32.7 Å². The fourth-order valence-electron chi connectivity index (χ4n) is 1.41. The van der Waals surface area contributed by atoms with Crippen LogP contribution in [0.1, 0.15) is 24.6 Å². The summed E-state index contributed by atoms with van der Waals surface area (Å²) < 4.78 is 0. The number of hydrogen-bond acceptors (Lipinski definition) is 2. The smallest absolute Gasteiger partial charge is 0.0421 e. The molecule has 1 aromatic heterocycles. The molecule has 13 heavy (non-hydrogen) atoms. The molecule has 0 aliphatic heterocycles. The zero-order valence-corrected chi connectivity index (χ0v) is 8.67. The molecule has 0 aliphatic rings. The summed E-state index contributed by atoms with van der Waals surface area (Å²) in [4.78, 5) is 4.34. The monoisotopic (exact) mass is 178 g/mol. The van der Waals surface area contributed by atoms with Crippen molar-refractivity contribution >= 4 is 0 Å². The quantitative estimate of drug-likeness (QED) is 0.762. The Labute approximate surface area is 80.4 Å². The second-order valence-electron chi connectivity index (χ2n) is 3.42. The van der Waals surface area contributed by atoms with E-state index in [0.717, 1.165) is 12.8 Å². The van der Waals surface area contributed by atoms with Gasteiger partial charge in [-0.25, -0.2) is 0 Å². The molecule has 0 radical (unpaired) electrons. The van der Waals surface area contributed by atoms with Gasteiger partial charge in [0.1, 0.15) is 0 Å². The number of nitrogens with zero attached hydrogens (tertiary/aromatic N) is 1. The standard InChI is InChI=1S/C11H18N2/c1-4-10(12-3)8-11-7-9(2)5-6-13-11/h5-7,10,12H,4,8H2,1-3H3. The summed E-state index contributed by atoms with van der Waals surface area (Å²) >= 11 is 0. The highest BCUT2D eigenvalue weighted by Crippen LogP contribution is 2.04. The Morgan fingerprint density at radius 1 is 1.54 bits per heavy atom. The highest BCUT2D eigenvalue weighted by molar-refractivity contribution is 5.15. The maximum atomic E-state index is 4.34. The number of aryl methyl sites for hydroxylation is 1. The van der Waals surface area contributed by atoms with Crippen LogP contribution >= 0.6 is 0 Å². The van der Waals surface area contributed by atoms with Gasteiger partial charge in [-0.05, 0) is 38.1 Å². The Morgan fingerprint density at radius 2 is 2.31 bits per heavy atom. The molecule has 1 atom stereocenters. The first-order valence-corrected chi connectivity index (χ1v) is 4.85. The summed E-state index contributed by atoms with van der Waals surface area (Å²) in [5.41, 5.74) is 2.47. The van der Waals surface area contributed by atoms with E-state index in [4.69, 9.17) is 0 Å². The van der Waals surface area contributed by atoms with Gasteiger partial charge in [-0.15, -0.1) is 0 Å². The highest BCUT2D eigenvalue weighted by atomic mass is 14.9. The second-order valence-corrected chi connectivity index (χ2v) is 3.42. The molecule has 2 nitrogen and oxygen atoms in total. The van der Waals surface area contributed by atoms with E-state index in [-0.39, 0.29) is 0 Å². The first-order chi connectivity index (χ1) is 6.26. The normalized spacial score (nSPS) is 12.8. The zero-order valence-electron chi connectivity index (χ0n) is 8.67. The van der Waals surface area contributed by atoms with Crippen molar-refractivity contribution in [2.24, 2.45) is 0 Å². The third-order valence-corrected chi connectivity index (χ3v) is 2.33. The zero-order chi connectivity index (χ0) is 9.68. The predicted octanol–water partition coefficient (Wildman–Crippen LogP) is 1.93. The molecule has 1 unspecified atom stereocenters. The summed E-state index contributed by atoms with van der Waals surface area (Å²) in [5.74, 6) is 0. The number of aromatic nitrogens is 1. The number of pyridine rings is 1. The molecule has 1 aromatic rings. The van der Waals surface area contributed by atoms with E-state index in [1.807, 2.05) is 19.3 Å². The largest absolute Gasteiger partial charge is 0.317 e. The number of rotatable bonds is 4. The second kappa shape index (κ2) is 4.97. The van der Waals surface area contributed by atoms with Gasteiger partial charge >= 0.3 is 0 Å². The molecule has 0 saturated carbocycles. The van der Waals surface area contributed by atoms with Gasteiger partial charge in [-0.1, -0.05) is 6.92 Å². The Balaban J connectivity index is 2.62. The van der Waals surface area contributed by atoms with Crippen LogP contribution < -0.4 is 5.32 Å². The summed E-state index contributed by atoms with van der Waals surface area (Å²) in [6.07, 6.45) is 4.05. The van der Waals surface area contributed by atoms with Gasteiger partial charge in [0.05, 0.1) is 0 Å². The number of nitrogens with one attached hydrogen (secondary N) is 1. The summed E-state index contributed by atoms with van der Waals surface area (Å²) in [6.45, 7) is 4.29. The molecule has 1 N–H and O–H groups in total. The van der Waals surface area contributed by atoms with Gasteiger partial charge in [0.2, 0.25) is 0 Å². The lowest BCUT2D eigenvalue weighted by molar-refractivity contribution is 0.537. The number of hydrogen-bond donors (Lipinski definition) is 1. The molecule has 0 bridgehead atoms. The average Bonchev–Trinajstić information content (AvgIpc) is 2.14. The van der Waals surface area contributed by atoms with Crippen LogP contribution in [0.3, 0.4) is 0 Å². The van der Waals surface area contributed by atoms with E-state index in [9.17, 15) is 0 Å². The van der Waals surface area contributed by atoms with Crippen molar-refractivity contribution in [3.8, 4) is 0 Å². The van der Waals surface area contributed by atoms with Crippen LogP contribution in [0.15, 0.2) is 18.3 Å². The van der Waals surface area contributed by atoms with Crippen molar-refractivity contribution in [1.29, 1.82) is 0 Å². The first kappa shape index (κ1) is 10.2. The minimum atomic E-state index is 0.550. The van der Waals surface area contributed by atoms with Gasteiger partial charge in [-0.3, -0.25) is 4.98 Å². The molecule has 2 heteroatoms. The van der Waals surface area contributed by atoms with Gasteiger partial charge in [0, 0.05) is 24.4 Å². The molecule has 0 saturated heterocycles. The first-order valence-electron chi connectivity index (χ1n) is 4.85. The number of likely N-dealkylation sites (N-methyl/N-ethyl adjacent to an activating group) is 1. The van der Waals surface area contributed by atoms with E-state index in [1.165, 1.54) is 11.3 Å². The third-order valence-electron chi connectivity index (χ3n) is 2.33. The van der Waals surface area contributed by atoms with E-state index < -0.39 is 0 Å². The van der Waals surface area contributed by atoms with Crippen LogP contribution in [0.5, 0.6) is 0 Å². The van der Waals surface area contributed by atoms with Crippen molar-refractivity contribution in [2.75, 3.05) is 7.05 Å². The van der Waals surface area contributed by atoms with Crippen molar-refractivity contribution in [3.63, 3.8) is 0 Å². The van der Waals surface area contributed by atoms with Crippen molar-refractivity contribution in [1.82, 2.24) is 10.3 Å². The van der Waals surface area contributed by atoms with Crippen LogP contribution in [-0.2, 0) is 6.42 Å². The lowest BCUT2D eigenvalue weighted by atomic mass is 10.1. The van der Waals surface area contributed by atoms with E-state index >= 15 is 0 Å². The maximum absolute atomic E-state index is 4.34. The van der Waals surface area contributed by atoms with Gasteiger partial charge in [0.15, 0.2) is 0 Å². The Kier molecular flexibility index (Phi) is 3.90. The Morgan fingerprint density at radius 3 is 2.85 bits per heavy atom. The van der Waals surface area contributed by atoms with Crippen molar-refractivity contribution < 1.29 is 0 Å². The predicted molar refractivity (Wildman–Crippen MR) is 55.8 cm³/mol. The molecule has 0 spiro atoms. The molecular weight excluding hydrogens is 160 g/mol. The molecule has 0 aliphatic carbocycles. The Hall–Kier alpha value is -0.890. The van der Waals surface area contributed by atoms with Gasteiger partial charge in [-0.2, -0.15) is 0 Å². The Bertz CT molecular complexity index is 254. The fraction of sp³-hybridized carbons (Fsp3) is 0.545. The third kappa shape index (κ3) is 3.15. The molecule has 0 aromatic carbocycles. The lowest BCUT2D eigenvalue weighted by Gasteiger charge is -2.12. The van der Waals surface area contributed by atoms with Crippen LogP contribution in [0.25, 0.3) is 0 Å². The van der Waals surface area contributed by atoms with Crippen LogP contribution in [-0.4, -0.2) is 18.1 Å².